The molecule has 0 bridgehead atoms. The summed E-state index contributed by atoms with van der Waals surface area (Å²) < 4.78 is 29.1. The molecule has 7 heteroatoms. The first-order valence-corrected chi connectivity index (χ1v) is 10.1. The van der Waals surface area contributed by atoms with Gasteiger partial charge in [0, 0.05) is 34.1 Å². The Hall–Kier alpha value is 0.0500. The smallest absolute Gasteiger partial charge is 0.244 e. The fourth-order valence-corrected chi connectivity index (χ4v) is 6.01. The summed E-state index contributed by atoms with van der Waals surface area (Å²) in [5.41, 5.74) is 0. The van der Waals surface area contributed by atoms with Crippen molar-refractivity contribution in [1.29, 1.82) is 0 Å². The summed E-state index contributed by atoms with van der Waals surface area (Å²) in [6, 6.07) is 5.41. The molecule has 1 aliphatic rings. The number of rotatable bonds is 4. The third-order valence-corrected chi connectivity index (χ3v) is 7.28. The van der Waals surface area contributed by atoms with E-state index in [0.29, 0.717) is 22.5 Å². The third-order valence-electron chi connectivity index (χ3n) is 3.89. The topological polar surface area (TPSA) is 49.4 Å². The summed E-state index contributed by atoms with van der Waals surface area (Å²) in [6.45, 7) is 5.34. The van der Waals surface area contributed by atoms with Gasteiger partial charge in [0.2, 0.25) is 10.0 Å². The number of hydrogen-bond acceptors (Lipinski definition) is 3. The lowest BCUT2D eigenvalue weighted by atomic mass is 10.1. The van der Waals surface area contributed by atoms with Gasteiger partial charge in [-0.25, -0.2) is 8.42 Å². The van der Waals surface area contributed by atoms with Crippen LogP contribution < -0.4 is 5.32 Å². The minimum absolute atomic E-state index is 0.00773. The Morgan fingerprint density at radius 2 is 2.00 bits per heavy atom. The predicted molar refractivity (Wildman–Crippen MR) is 91.9 cm³/mol. The van der Waals surface area contributed by atoms with E-state index in [9.17, 15) is 8.42 Å². The van der Waals surface area contributed by atoms with E-state index in [0.717, 1.165) is 17.3 Å². The summed E-state index contributed by atoms with van der Waals surface area (Å²) in [6.07, 6.45) is 1.72. The van der Waals surface area contributed by atoms with Crippen LogP contribution in [0.15, 0.2) is 32.0 Å². The molecule has 118 valence electrons. The molecule has 4 nitrogen and oxygen atoms in total. The van der Waals surface area contributed by atoms with E-state index in [1.807, 2.05) is 6.92 Å². The third kappa shape index (κ3) is 3.69. The Bertz CT molecular complexity index is 607. The SMILES string of the molecule is CCC1CN(S(=O)(=O)c2ccc(Br)cc2Br)C(CC)CN1. The molecule has 21 heavy (non-hydrogen) atoms. The zero-order valence-corrected chi connectivity index (χ0v) is 16.1. The van der Waals surface area contributed by atoms with Crippen LogP contribution in [0.5, 0.6) is 0 Å². The quantitative estimate of drug-likeness (QED) is 0.782. The van der Waals surface area contributed by atoms with Gasteiger partial charge in [-0.3, -0.25) is 0 Å². The van der Waals surface area contributed by atoms with Crippen molar-refractivity contribution < 1.29 is 8.42 Å². The Morgan fingerprint density at radius 3 is 2.57 bits per heavy atom. The molecule has 1 aromatic rings. The van der Waals surface area contributed by atoms with E-state index in [2.05, 4.69) is 44.1 Å². The standard InChI is InChI=1S/C14H20Br2N2O2S/c1-3-11-9-18(12(4-2)8-17-11)21(19,20)14-6-5-10(15)7-13(14)16/h5-7,11-12,17H,3-4,8-9H2,1-2H3. The number of hydrogen-bond donors (Lipinski definition) is 1. The van der Waals surface area contributed by atoms with Crippen LogP contribution in [0.4, 0.5) is 0 Å². The van der Waals surface area contributed by atoms with Crippen molar-refractivity contribution in [2.75, 3.05) is 13.1 Å². The van der Waals surface area contributed by atoms with Gasteiger partial charge in [0.05, 0.1) is 4.90 Å². The van der Waals surface area contributed by atoms with Gasteiger partial charge in [0.1, 0.15) is 0 Å². The molecule has 1 saturated heterocycles. The Kier molecular flexibility index (Phi) is 5.87. The molecule has 1 heterocycles. The summed E-state index contributed by atoms with van der Waals surface area (Å²) in [7, 11) is -3.49. The van der Waals surface area contributed by atoms with Crippen molar-refractivity contribution in [3.63, 3.8) is 0 Å². The van der Waals surface area contributed by atoms with E-state index in [1.54, 1.807) is 22.5 Å². The Balaban J connectivity index is 2.40. The molecule has 1 aliphatic heterocycles. The van der Waals surface area contributed by atoms with Crippen LogP contribution in [0.2, 0.25) is 0 Å². The largest absolute Gasteiger partial charge is 0.311 e. The number of nitrogens with zero attached hydrogens (tertiary/aromatic N) is 1. The van der Waals surface area contributed by atoms with Crippen LogP contribution in [-0.4, -0.2) is 37.9 Å². The lowest BCUT2D eigenvalue weighted by molar-refractivity contribution is 0.215. The number of halogens is 2. The molecule has 1 fully saturated rings. The maximum atomic E-state index is 13.0. The lowest BCUT2D eigenvalue weighted by Crippen LogP contribution is -2.57. The molecule has 2 unspecified atom stereocenters. The van der Waals surface area contributed by atoms with Crippen LogP contribution in [0, 0.1) is 0 Å². The maximum Gasteiger partial charge on any atom is 0.244 e. The minimum Gasteiger partial charge on any atom is -0.311 e. The average Bonchev–Trinajstić information content (AvgIpc) is 2.46. The zero-order chi connectivity index (χ0) is 15.6. The minimum atomic E-state index is -3.49. The first-order valence-electron chi connectivity index (χ1n) is 7.10. The van der Waals surface area contributed by atoms with Gasteiger partial charge in [-0.1, -0.05) is 29.8 Å². The molecule has 0 saturated carbocycles. The van der Waals surface area contributed by atoms with Gasteiger partial charge in [-0.15, -0.1) is 0 Å². The summed E-state index contributed by atoms with van der Waals surface area (Å²) in [5.74, 6) is 0. The van der Waals surface area contributed by atoms with Crippen molar-refractivity contribution in [1.82, 2.24) is 9.62 Å². The molecule has 1 aromatic carbocycles. The molecule has 0 radical (unpaired) electrons. The van der Waals surface area contributed by atoms with Gasteiger partial charge in [0.15, 0.2) is 0 Å². The van der Waals surface area contributed by atoms with E-state index >= 15 is 0 Å². The molecule has 1 N–H and O–H groups in total. The van der Waals surface area contributed by atoms with Crippen LogP contribution in [0.25, 0.3) is 0 Å². The average molecular weight is 440 g/mol. The predicted octanol–water partition coefficient (Wildman–Crippen LogP) is 3.36. The molecule has 0 amide bonds. The highest BCUT2D eigenvalue weighted by Gasteiger charge is 2.36. The highest BCUT2D eigenvalue weighted by atomic mass is 79.9. The summed E-state index contributed by atoms with van der Waals surface area (Å²) >= 11 is 6.73. The molecule has 0 aromatic heterocycles. The molecule has 0 spiro atoms. The van der Waals surface area contributed by atoms with Gasteiger partial charge in [-0.2, -0.15) is 4.31 Å². The summed E-state index contributed by atoms with van der Waals surface area (Å²) in [5, 5.41) is 3.42. The number of benzene rings is 1. The lowest BCUT2D eigenvalue weighted by Gasteiger charge is -2.39. The van der Waals surface area contributed by atoms with Gasteiger partial charge in [0.25, 0.3) is 0 Å². The molecule has 2 rings (SSSR count). The molecular formula is C14H20Br2N2O2S. The maximum absolute atomic E-state index is 13.0. The van der Waals surface area contributed by atoms with Crippen molar-refractivity contribution in [3.05, 3.63) is 27.1 Å². The van der Waals surface area contributed by atoms with Crippen LogP contribution in [0.1, 0.15) is 26.7 Å². The van der Waals surface area contributed by atoms with Gasteiger partial charge in [-0.05, 0) is 47.0 Å². The second-order valence-electron chi connectivity index (χ2n) is 5.22. The van der Waals surface area contributed by atoms with E-state index in [-0.39, 0.29) is 12.1 Å². The first kappa shape index (κ1) is 17.4. The van der Waals surface area contributed by atoms with Gasteiger partial charge >= 0.3 is 0 Å². The zero-order valence-electron chi connectivity index (χ0n) is 12.1. The van der Waals surface area contributed by atoms with Crippen molar-refractivity contribution in [3.8, 4) is 0 Å². The van der Waals surface area contributed by atoms with Crippen molar-refractivity contribution >= 4 is 41.9 Å². The van der Waals surface area contributed by atoms with Crippen molar-refractivity contribution in [2.45, 2.75) is 43.7 Å². The Labute approximate surface area is 143 Å². The van der Waals surface area contributed by atoms with Crippen molar-refractivity contribution in [2.24, 2.45) is 0 Å². The second kappa shape index (κ2) is 7.08. The summed E-state index contributed by atoms with van der Waals surface area (Å²) in [4.78, 5) is 0.334. The number of sulfonamides is 1. The van der Waals surface area contributed by atoms with E-state index in [4.69, 9.17) is 0 Å². The van der Waals surface area contributed by atoms with E-state index in [1.165, 1.54) is 0 Å². The highest BCUT2D eigenvalue weighted by Crippen LogP contribution is 2.30. The number of nitrogens with one attached hydrogen (secondary N) is 1. The highest BCUT2D eigenvalue weighted by molar-refractivity contribution is 9.11. The molecule has 0 aliphatic carbocycles. The molecule has 2 atom stereocenters. The van der Waals surface area contributed by atoms with Gasteiger partial charge < -0.3 is 5.32 Å². The number of piperazine rings is 1. The fourth-order valence-electron chi connectivity index (χ4n) is 2.56. The normalized spacial score (nSPS) is 24.2. The van der Waals surface area contributed by atoms with E-state index < -0.39 is 10.0 Å². The van der Waals surface area contributed by atoms with Crippen LogP contribution >= 0.6 is 31.9 Å². The first-order chi connectivity index (χ1) is 9.90. The Morgan fingerprint density at radius 1 is 1.29 bits per heavy atom. The molecular weight excluding hydrogens is 420 g/mol. The van der Waals surface area contributed by atoms with Crippen LogP contribution in [0.3, 0.4) is 0 Å². The second-order valence-corrected chi connectivity index (χ2v) is 8.85. The fraction of sp³-hybridized carbons (Fsp3) is 0.571. The van der Waals surface area contributed by atoms with Crippen LogP contribution in [-0.2, 0) is 10.0 Å². The monoisotopic (exact) mass is 438 g/mol.